The predicted molar refractivity (Wildman–Crippen MR) is 91.5 cm³/mol. The van der Waals surface area contributed by atoms with Gasteiger partial charge in [0.1, 0.15) is 0 Å². The summed E-state index contributed by atoms with van der Waals surface area (Å²) in [6.45, 7) is 3.48. The monoisotopic (exact) mass is 355 g/mol. The molecule has 0 aliphatic carbocycles. The van der Waals surface area contributed by atoms with Gasteiger partial charge < -0.3 is 15.4 Å². The number of sulfonamides is 1. The highest BCUT2D eigenvalue weighted by Crippen LogP contribution is 2.13. The van der Waals surface area contributed by atoms with Crippen molar-refractivity contribution in [1.29, 1.82) is 0 Å². The van der Waals surface area contributed by atoms with Crippen LogP contribution >= 0.6 is 0 Å². The number of carbonyl (C=O) groups excluding carboxylic acids is 1. The molecule has 134 valence electrons. The second-order valence-corrected chi connectivity index (χ2v) is 7.77. The van der Waals surface area contributed by atoms with E-state index in [-0.39, 0.29) is 22.9 Å². The summed E-state index contributed by atoms with van der Waals surface area (Å²) in [5.74, 6) is -0.325. The molecular weight excluding hydrogens is 330 g/mol. The van der Waals surface area contributed by atoms with Crippen molar-refractivity contribution in [2.24, 2.45) is 0 Å². The van der Waals surface area contributed by atoms with Crippen molar-refractivity contribution in [3.05, 3.63) is 29.8 Å². The van der Waals surface area contributed by atoms with Crippen LogP contribution < -0.4 is 15.4 Å². The van der Waals surface area contributed by atoms with Crippen molar-refractivity contribution in [2.75, 3.05) is 26.8 Å². The molecule has 0 bridgehead atoms. The molecule has 0 unspecified atom stereocenters. The van der Waals surface area contributed by atoms with E-state index in [2.05, 4.69) is 15.4 Å². The Morgan fingerprint density at radius 1 is 1.46 bits per heavy atom. The SMILES string of the molecule is COC[C@H](C)NC(=O)c1cccc(S(=O)(=O)NC[C@@H]2CCCN2)c1. The van der Waals surface area contributed by atoms with Gasteiger partial charge in [0.05, 0.1) is 11.5 Å². The summed E-state index contributed by atoms with van der Waals surface area (Å²) in [4.78, 5) is 12.3. The predicted octanol–water partition coefficient (Wildman–Crippen LogP) is 0.482. The van der Waals surface area contributed by atoms with Crippen LogP contribution in [0.5, 0.6) is 0 Å². The number of nitrogens with one attached hydrogen (secondary N) is 3. The summed E-state index contributed by atoms with van der Waals surface area (Å²) in [5.41, 5.74) is 0.305. The van der Waals surface area contributed by atoms with Crippen LogP contribution in [-0.2, 0) is 14.8 Å². The summed E-state index contributed by atoms with van der Waals surface area (Å²) in [6.07, 6.45) is 2.02. The van der Waals surface area contributed by atoms with Crippen LogP contribution in [-0.4, -0.2) is 53.2 Å². The van der Waals surface area contributed by atoms with E-state index in [1.54, 1.807) is 19.2 Å². The first-order valence-corrected chi connectivity index (χ1v) is 9.53. The molecule has 0 aromatic heterocycles. The molecule has 1 aliphatic heterocycles. The molecule has 1 aliphatic rings. The van der Waals surface area contributed by atoms with Crippen molar-refractivity contribution in [1.82, 2.24) is 15.4 Å². The van der Waals surface area contributed by atoms with Gasteiger partial charge in [0, 0.05) is 31.3 Å². The minimum absolute atomic E-state index is 0.0903. The summed E-state index contributed by atoms with van der Waals surface area (Å²) in [5, 5.41) is 6.00. The van der Waals surface area contributed by atoms with Gasteiger partial charge in [-0.2, -0.15) is 0 Å². The molecule has 2 rings (SSSR count). The van der Waals surface area contributed by atoms with Crippen LogP contribution in [0.2, 0.25) is 0 Å². The molecule has 7 nitrogen and oxygen atoms in total. The highest BCUT2D eigenvalue weighted by molar-refractivity contribution is 7.89. The number of ether oxygens (including phenoxy) is 1. The lowest BCUT2D eigenvalue weighted by atomic mass is 10.2. The Balaban J connectivity index is 2.03. The van der Waals surface area contributed by atoms with Crippen LogP contribution in [0.4, 0.5) is 0 Å². The van der Waals surface area contributed by atoms with Crippen molar-refractivity contribution in [3.8, 4) is 0 Å². The molecule has 1 aromatic carbocycles. The van der Waals surface area contributed by atoms with Gasteiger partial charge in [0.15, 0.2) is 0 Å². The largest absolute Gasteiger partial charge is 0.383 e. The Morgan fingerprint density at radius 3 is 2.92 bits per heavy atom. The van der Waals surface area contributed by atoms with E-state index in [0.29, 0.717) is 18.7 Å². The zero-order valence-electron chi connectivity index (χ0n) is 14.0. The molecule has 1 saturated heterocycles. The maximum absolute atomic E-state index is 12.4. The molecule has 8 heteroatoms. The fourth-order valence-corrected chi connectivity index (χ4v) is 3.75. The van der Waals surface area contributed by atoms with Crippen LogP contribution in [0, 0.1) is 0 Å². The third-order valence-corrected chi connectivity index (χ3v) is 5.30. The Hall–Kier alpha value is -1.48. The Bertz CT molecular complexity index is 657. The molecule has 2 atom stereocenters. The van der Waals surface area contributed by atoms with Gasteiger partial charge in [-0.1, -0.05) is 6.07 Å². The maximum Gasteiger partial charge on any atom is 0.251 e. The second-order valence-electron chi connectivity index (χ2n) is 6.00. The summed E-state index contributed by atoms with van der Waals surface area (Å²) >= 11 is 0. The van der Waals surface area contributed by atoms with Gasteiger partial charge in [-0.25, -0.2) is 13.1 Å². The fourth-order valence-electron chi connectivity index (χ4n) is 2.63. The zero-order chi connectivity index (χ0) is 17.6. The molecular formula is C16H25N3O4S. The molecule has 0 saturated carbocycles. The van der Waals surface area contributed by atoms with Crippen LogP contribution in [0.15, 0.2) is 29.2 Å². The number of amides is 1. The first-order valence-electron chi connectivity index (χ1n) is 8.05. The van der Waals surface area contributed by atoms with E-state index in [1.807, 2.05) is 6.92 Å². The molecule has 1 fully saturated rings. The number of methoxy groups -OCH3 is 1. The number of carbonyl (C=O) groups is 1. The number of rotatable bonds is 8. The summed E-state index contributed by atoms with van der Waals surface area (Å²) < 4.78 is 32.4. The maximum atomic E-state index is 12.4. The van der Waals surface area contributed by atoms with Gasteiger partial charge in [-0.3, -0.25) is 4.79 Å². The summed E-state index contributed by atoms with van der Waals surface area (Å²) in [6, 6.07) is 6.04. The highest BCUT2D eigenvalue weighted by atomic mass is 32.2. The first kappa shape index (κ1) is 18.9. The normalized spacial score (nSPS) is 19.2. The molecule has 1 aromatic rings. The molecule has 24 heavy (non-hydrogen) atoms. The summed E-state index contributed by atoms with van der Waals surface area (Å²) in [7, 11) is -2.08. The van der Waals surface area contributed by atoms with Gasteiger partial charge >= 0.3 is 0 Å². The molecule has 1 amide bonds. The average molecular weight is 355 g/mol. The molecule has 1 heterocycles. The second kappa shape index (κ2) is 8.57. The smallest absolute Gasteiger partial charge is 0.251 e. The van der Waals surface area contributed by atoms with E-state index in [9.17, 15) is 13.2 Å². The van der Waals surface area contributed by atoms with E-state index in [1.165, 1.54) is 12.1 Å². The average Bonchev–Trinajstić information content (AvgIpc) is 3.07. The number of hydrogen-bond acceptors (Lipinski definition) is 5. The van der Waals surface area contributed by atoms with Crippen molar-refractivity contribution in [3.63, 3.8) is 0 Å². The lowest BCUT2D eigenvalue weighted by Gasteiger charge is -2.14. The fraction of sp³-hybridized carbons (Fsp3) is 0.562. The zero-order valence-corrected chi connectivity index (χ0v) is 14.9. The van der Waals surface area contributed by atoms with Crippen LogP contribution in [0.25, 0.3) is 0 Å². The highest BCUT2D eigenvalue weighted by Gasteiger charge is 2.20. The van der Waals surface area contributed by atoms with Gasteiger partial charge in [0.25, 0.3) is 5.91 Å². The number of benzene rings is 1. The third kappa shape index (κ3) is 5.27. The van der Waals surface area contributed by atoms with Crippen molar-refractivity contribution >= 4 is 15.9 Å². The van der Waals surface area contributed by atoms with E-state index in [4.69, 9.17) is 4.74 Å². The minimum Gasteiger partial charge on any atom is -0.383 e. The van der Waals surface area contributed by atoms with Crippen molar-refractivity contribution in [2.45, 2.75) is 36.7 Å². The quantitative estimate of drug-likeness (QED) is 0.630. The molecule has 0 radical (unpaired) electrons. The topological polar surface area (TPSA) is 96.5 Å². The number of hydrogen-bond donors (Lipinski definition) is 3. The van der Waals surface area contributed by atoms with Gasteiger partial charge in [0.2, 0.25) is 10.0 Å². The van der Waals surface area contributed by atoms with E-state index < -0.39 is 10.0 Å². The third-order valence-electron chi connectivity index (χ3n) is 3.88. The molecule has 3 N–H and O–H groups in total. The van der Waals surface area contributed by atoms with Crippen LogP contribution in [0.1, 0.15) is 30.1 Å². The molecule has 0 spiro atoms. The lowest BCUT2D eigenvalue weighted by Crippen LogP contribution is -2.37. The first-order chi connectivity index (χ1) is 11.4. The van der Waals surface area contributed by atoms with Gasteiger partial charge in [-0.15, -0.1) is 0 Å². The Labute approximate surface area is 143 Å². The van der Waals surface area contributed by atoms with E-state index in [0.717, 1.165) is 19.4 Å². The standard InChI is InChI=1S/C16H25N3O4S/c1-12(11-23-2)19-16(20)13-5-3-7-15(9-13)24(21,22)18-10-14-6-4-8-17-14/h3,5,7,9,12,14,17-18H,4,6,8,10-11H2,1-2H3,(H,19,20)/t12-,14-/m0/s1. The minimum atomic E-state index is -3.64. The Kier molecular flexibility index (Phi) is 6.73. The lowest BCUT2D eigenvalue weighted by molar-refractivity contribution is 0.0905. The Morgan fingerprint density at radius 2 is 2.25 bits per heavy atom. The van der Waals surface area contributed by atoms with Crippen molar-refractivity contribution < 1.29 is 17.9 Å². The van der Waals surface area contributed by atoms with Gasteiger partial charge in [-0.05, 0) is 44.5 Å². The van der Waals surface area contributed by atoms with Crippen LogP contribution in [0.3, 0.4) is 0 Å². The van der Waals surface area contributed by atoms with E-state index >= 15 is 0 Å².